The number of anilines is 1. The number of hydrogen-bond acceptors (Lipinski definition) is 3. The van der Waals surface area contributed by atoms with Gasteiger partial charge in [-0.2, -0.15) is 0 Å². The van der Waals surface area contributed by atoms with Crippen LogP contribution in [0.25, 0.3) is 0 Å². The van der Waals surface area contributed by atoms with Crippen molar-refractivity contribution in [1.29, 1.82) is 0 Å². The lowest BCUT2D eigenvalue weighted by atomic mass is 10.2. The van der Waals surface area contributed by atoms with Crippen LogP contribution in [0.15, 0.2) is 23.1 Å². The minimum absolute atomic E-state index is 0.190. The highest BCUT2D eigenvalue weighted by molar-refractivity contribution is 7.85. The van der Waals surface area contributed by atoms with Crippen molar-refractivity contribution in [2.24, 2.45) is 11.7 Å². The Morgan fingerprint density at radius 2 is 2.19 bits per heavy atom. The van der Waals surface area contributed by atoms with E-state index < -0.39 is 22.6 Å². The van der Waals surface area contributed by atoms with Gasteiger partial charge in [-0.05, 0) is 18.2 Å². The molecule has 1 aromatic carbocycles. The van der Waals surface area contributed by atoms with E-state index in [1.165, 1.54) is 0 Å². The Kier molecular flexibility index (Phi) is 4.32. The molecule has 0 saturated heterocycles. The van der Waals surface area contributed by atoms with Crippen LogP contribution in [0, 0.1) is 5.92 Å². The second-order valence-electron chi connectivity index (χ2n) is 3.50. The van der Waals surface area contributed by atoms with Crippen LogP contribution < -0.4 is 11.5 Å². The Morgan fingerprint density at radius 3 is 2.69 bits per heavy atom. The quantitative estimate of drug-likeness (QED) is 0.797. The van der Waals surface area contributed by atoms with Crippen molar-refractivity contribution in [2.75, 3.05) is 11.5 Å². The lowest BCUT2D eigenvalue weighted by Gasteiger charge is -2.07. The summed E-state index contributed by atoms with van der Waals surface area (Å²) < 4.78 is 11.8. The summed E-state index contributed by atoms with van der Waals surface area (Å²) in [6, 6.07) is 4.76. The number of halogens is 1. The number of benzene rings is 1. The lowest BCUT2D eigenvalue weighted by Crippen LogP contribution is -2.25. The van der Waals surface area contributed by atoms with E-state index in [1.807, 2.05) is 0 Å². The fourth-order valence-electron chi connectivity index (χ4n) is 1.05. The first kappa shape index (κ1) is 13.0. The maximum Gasteiger partial charge on any atom is 0.221 e. The van der Waals surface area contributed by atoms with Gasteiger partial charge in [-0.3, -0.25) is 9.00 Å². The summed E-state index contributed by atoms with van der Waals surface area (Å²) >= 11 is 5.81. The van der Waals surface area contributed by atoms with Crippen molar-refractivity contribution in [2.45, 2.75) is 11.8 Å². The Balaban J connectivity index is 2.81. The molecule has 1 aromatic rings. The van der Waals surface area contributed by atoms with Gasteiger partial charge in [0.05, 0.1) is 21.5 Å². The summed E-state index contributed by atoms with van der Waals surface area (Å²) in [5.41, 5.74) is 11.1. The van der Waals surface area contributed by atoms with E-state index in [1.54, 1.807) is 25.1 Å². The van der Waals surface area contributed by atoms with Crippen molar-refractivity contribution in [3.05, 3.63) is 23.2 Å². The summed E-state index contributed by atoms with van der Waals surface area (Å²) in [7, 11) is -1.29. The van der Waals surface area contributed by atoms with Gasteiger partial charge in [-0.25, -0.2) is 0 Å². The highest BCUT2D eigenvalue weighted by Crippen LogP contribution is 2.22. The largest absolute Gasteiger partial charge is 0.398 e. The SMILES string of the molecule is CC(CS(=O)c1ccc(N)c(Cl)c1)C(N)=O. The number of amides is 1. The van der Waals surface area contributed by atoms with E-state index in [-0.39, 0.29) is 5.75 Å². The van der Waals surface area contributed by atoms with E-state index in [0.29, 0.717) is 15.6 Å². The molecular formula is C10H13ClN2O2S. The first-order valence-electron chi connectivity index (χ1n) is 4.64. The van der Waals surface area contributed by atoms with Gasteiger partial charge in [0.15, 0.2) is 0 Å². The predicted octanol–water partition coefficient (Wildman–Crippen LogP) is 1.15. The van der Waals surface area contributed by atoms with Crippen molar-refractivity contribution in [1.82, 2.24) is 0 Å². The summed E-state index contributed by atoms with van der Waals surface area (Å²) in [5, 5.41) is 0.359. The third-order valence-corrected chi connectivity index (χ3v) is 4.03. The highest BCUT2D eigenvalue weighted by Gasteiger charge is 2.14. The van der Waals surface area contributed by atoms with Gasteiger partial charge >= 0.3 is 0 Å². The summed E-state index contributed by atoms with van der Waals surface area (Å²) in [6.45, 7) is 1.64. The number of carbonyl (C=O) groups excluding carboxylic acids is 1. The standard InChI is InChI=1S/C10H13ClN2O2S/c1-6(10(13)14)5-16(15)7-2-3-9(12)8(11)4-7/h2-4,6H,5,12H2,1H3,(H2,13,14). The van der Waals surface area contributed by atoms with Crippen LogP contribution in [0.5, 0.6) is 0 Å². The number of nitrogens with two attached hydrogens (primary N) is 2. The molecule has 4 N–H and O–H groups in total. The molecule has 0 aromatic heterocycles. The summed E-state index contributed by atoms with van der Waals surface area (Å²) in [6.07, 6.45) is 0. The van der Waals surface area contributed by atoms with Crippen molar-refractivity contribution in [3.63, 3.8) is 0 Å². The van der Waals surface area contributed by atoms with Crippen LogP contribution in [0.1, 0.15) is 6.92 Å². The van der Waals surface area contributed by atoms with Crippen LogP contribution in [0.4, 0.5) is 5.69 Å². The van der Waals surface area contributed by atoms with Gasteiger partial charge < -0.3 is 11.5 Å². The molecule has 0 aliphatic rings. The third-order valence-electron chi connectivity index (χ3n) is 2.12. The van der Waals surface area contributed by atoms with Gasteiger partial charge in [0.25, 0.3) is 0 Å². The molecule has 6 heteroatoms. The molecule has 88 valence electrons. The minimum Gasteiger partial charge on any atom is -0.398 e. The Morgan fingerprint density at radius 1 is 1.56 bits per heavy atom. The molecular weight excluding hydrogens is 248 g/mol. The Labute approximate surface area is 101 Å². The van der Waals surface area contributed by atoms with Gasteiger partial charge in [-0.15, -0.1) is 0 Å². The maximum absolute atomic E-state index is 11.8. The minimum atomic E-state index is -1.29. The zero-order valence-electron chi connectivity index (χ0n) is 8.77. The maximum atomic E-state index is 11.8. The van der Waals surface area contributed by atoms with Crippen molar-refractivity contribution in [3.8, 4) is 0 Å². The van der Waals surface area contributed by atoms with Gasteiger partial charge in [-0.1, -0.05) is 18.5 Å². The average molecular weight is 261 g/mol. The first-order valence-corrected chi connectivity index (χ1v) is 6.34. The molecule has 0 radical (unpaired) electrons. The molecule has 4 nitrogen and oxygen atoms in total. The highest BCUT2D eigenvalue weighted by atomic mass is 35.5. The van der Waals surface area contributed by atoms with Crippen molar-refractivity contribution < 1.29 is 9.00 Å². The fourth-order valence-corrected chi connectivity index (χ4v) is 2.58. The predicted molar refractivity (Wildman–Crippen MR) is 65.5 cm³/mol. The van der Waals surface area contributed by atoms with Crippen molar-refractivity contribution >= 4 is 34.0 Å². The number of hydrogen-bond donors (Lipinski definition) is 2. The van der Waals surface area contributed by atoms with E-state index in [9.17, 15) is 9.00 Å². The van der Waals surface area contributed by atoms with Gasteiger partial charge in [0.2, 0.25) is 5.91 Å². The Bertz CT molecular complexity index is 437. The second-order valence-corrected chi connectivity index (χ2v) is 5.40. The topological polar surface area (TPSA) is 86.2 Å². The smallest absolute Gasteiger partial charge is 0.221 e. The molecule has 1 amide bonds. The number of primary amides is 1. The molecule has 0 bridgehead atoms. The third kappa shape index (κ3) is 3.21. The molecule has 0 fully saturated rings. The van der Waals surface area contributed by atoms with Crippen LogP contribution in [-0.4, -0.2) is 15.9 Å². The van der Waals surface area contributed by atoms with Crippen LogP contribution in [0.2, 0.25) is 5.02 Å². The zero-order chi connectivity index (χ0) is 12.3. The molecule has 2 unspecified atom stereocenters. The van der Waals surface area contributed by atoms with Gasteiger partial charge in [0, 0.05) is 16.6 Å². The van der Waals surface area contributed by atoms with Crippen LogP contribution >= 0.6 is 11.6 Å². The van der Waals surface area contributed by atoms with E-state index in [0.717, 1.165) is 0 Å². The van der Waals surface area contributed by atoms with E-state index in [2.05, 4.69) is 0 Å². The van der Waals surface area contributed by atoms with E-state index in [4.69, 9.17) is 23.1 Å². The molecule has 16 heavy (non-hydrogen) atoms. The summed E-state index contributed by atoms with van der Waals surface area (Å²) in [5.74, 6) is -0.706. The first-order chi connectivity index (χ1) is 7.41. The number of rotatable bonds is 4. The second kappa shape index (κ2) is 5.32. The van der Waals surface area contributed by atoms with E-state index >= 15 is 0 Å². The molecule has 2 atom stereocenters. The number of nitrogen functional groups attached to an aromatic ring is 1. The molecule has 1 rings (SSSR count). The number of carbonyl (C=O) groups is 1. The zero-order valence-corrected chi connectivity index (χ0v) is 10.3. The summed E-state index contributed by atoms with van der Waals surface area (Å²) in [4.78, 5) is 11.4. The molecule has 0 aliphatic heterocycles. The fraction of sp³-hybridized carbons (Fsp3) is 0.300. The van der Waals surface area contributed by atoms with Gasteiger partial charge in [0.1, 0.15) is 0 Å². The monoisotopic (exact) mass is 260 g/mol. The average Bonchev–Trinajstić information content (AvgIpc) is 2.21. The normalized spacial score (nSPS) is 14.4. The Hall–Kier alpha value is -1.07. The molecule has 0 spiro atoms. The lowest BCUT2D eigenvalue weighted by molar-refractivity contribution is -0.120. The molecule has 0 saturated carbocycles. The van der Waals surface area contributed by atoms with Crippen LogP contribution in [-0.2, 0) is 15.6 Å². The van der Waals surface area contributed by atoms with Crippen LogP contribution in [0.3, 0.4) is 0 Å². The molecule has 0 heterocycles. The molecule has 0 aliphatic carbocycles.